The predicted molar refractivity (Wildman–Crippen MR) is 41.3 cm³/mol. The van der Waals surface area contributed by atoms with Gasteiger partial charge in [0.25, 0.3) is 0 Å². The van der Waals surface area contributed by atoms with Crippen LogP contribution in [0.3, 0.4) is 0 Å². The standard InChI is InChI=1S/C7H7F2O2P/c8-6-2-1-3-7(9)5(6)4-12(10)11/h1-3,12H,4H2,(H,10,11). The molecule has 1 N–H and O–H groups in total. The highest BCUT2D eigenvalue weighted by Crippen LogP contribution is 2.24. The lowest BCUT2D eigenvalue weighted by atomic mass is 10.2. The summed E-state index contributed by atoms with van der Waals surface area (Å²) in [5.41, 5.74) is -0.316. The van der Waals surface area contributed by atoms with E-state index in [0.717, 1.165) is 12.1 Å². The van der Waals surface area contributed by atoms with E-state index in [9.17, 15) is 13.3 Å². The Balaban J connectivity index is 3.04. The molecule has 0 fully saturated rings. The van der Waals surface area contributed by atoms with E-state index in [4.69, 9.17) is 4.89 Å². The van der Waals surface area contributed by atoms with Crippen LogP contribution in [0.2, 0.25) is 0 Å². The average Bonchev–Trinajstić information content (AvgIpc) is 1.97. The molecule has 66 valence electrons. The molecule has 1 aromatic rings. The van der Waals surface area contributed by atoms with E-state index >= 15 is 0 Å². The number of hydrogen-bond donors (Lipinski definition) is 1. The van der Waals surface area contributed by atoms with Gasteiger partial charge < -0.3 is 4.89 Å². The molecule has 0 aromatic heterocycles. The molecule has 0 aliphatic rings. The maximum Gasteiger partial charge on any atom is 0.193 e. The Bertz CT molecular complexity index is 294. The lowest BCUT2D eigenvalue weighted by Crippen LogP contribution is -1.92. The van der Waals surface area contributed by atoms with Gasteiger partial charge in [-0.2, -0.15) is 0 Å². The van der Waals surface area contributed by atoms with Crippen molar-refractivity contribution in [1.29, 1.82) is 0 Å². The van der Waals surface area contributed by atoms with Gasteiger partial charge in [0, 0.05) is 5.56 Å². The molecular weight excluding hydrogens is 185 g/mol. The van der Waals surface area contributed by atoms with Crippen molar-refractivity contribution in [3.8, 4) is 0 Å². The predicted octanol–water partition coefficient (Wildman–Crippen LogP) is 1.93. The monoisotopic (exact) mass is 192 g/mol. The summed E-state index contributed by atoms with van der Waals surface area (Å²) in [6.07, 6.45) is -0.441. The number of halogens is 2. The van der Waals surface area contributed by atoms with Gasteiger partial charge >= 0.3 is 0 Å². The zero-order chi connectivity index (χ0) is 9.14. The summed E-state index contributed by atoms with van der Waals surface area (Å²) in [4.78, 5) is 8.47. The van der Waals surface area contributed by atoms with Crippen LogP contribution in [0.5, 0.6) is 0 Å². The van der Waals surface area contributed by atoms with Crippen molar-refractivity contribution in [3.05, 3.63) is 35.4 Å². The van der Waals surface area contributed by atoms with Crippen LogP contribution in [0.15, 0.2) is 18.2 Å². The highest BCUT2D eigenvalue weighted by molar-refractivity contribution is 7.37. The van der Waals surface area contributed by atoms with Gasteiger partial charge in [-0.05, 0) is 12.1 Å². The second-order valence-corrected chi connectivity index (χ2v) is 3.41. The molecule has 0 aliphatic heterocycles. The molecule has 0 bridgehead atoms. The highest BCUT2D eigenvalue weighted by atomic mass is 31.1. The van der Waals surface area contributed by atoms with E-state index in [1.54, 1.807) is 0 Å². The van der Waals surface area contributed by atoms with E-state index in [0.29, 0.717) is 0 Å². The van der Waals surface area contributed by atoms with E-state index in [1.807, 2.05) is 0 Å². The third-order valence-electron chi connectivity index (χ3n) is 1.39. The van der Waals surface area contributed by atoms with Gasteiger partial charge in [0.2, 0.25) is 0 Å². The summed E-state index contributed by atoms with van der Waals surface area (Å²) in [5.74, 6) is -1.55. The van der Waals surface area contributed by atoms with E-state index in [1.165, 1.54) is 6.07 Å². The summed E-state index contributed by atoms with van der Waals surface area (Å²) in [5, 5.41) is 0. The van der Waals surface area contributed by atoms with Gasteiger partial charge in [-0.15, -0.1) is 0 Å². The van der Waals surface area contributed by atoms with Crippen molar-refractivity contribution in [1.82, 2.24) is 0 Å². The summed E-state index contributed by atoms with van der Waals surface area (Å²) >= 11 is 0. The minimum atomic E-state index is -2.86. The molecular formula is C7H7F2O2P. The first-order chi connectivity index (χ1) is 5.61. The number of hydrogen-bond acceptors (Lipinski definition) is 1. The lowest BCUT2D eigenvalue weighted by Gasteiger charge is -2.00. The number of benzene rings is 1. The largest absolute Gasteiger partial charge is 0.346 e. The molecule has 1 atom stereocenters. The van der Waals surface area contributed by atoms with Crippen LogP contribution in [0.4, 0.5) is 8.78 Å². The minimum Gasteiger partial charge on any atom is -0.346 e. The van der Waals surface area contributed by atoms with Crippen molar-refractivity contribution >= 4 is 8.03 Å². The first-order valence-corrected chi connectivity index (χ1v) is 4.82. The Labute approximate surface area is 68.7 Å². The molecule has 0 radical (unpaired) electrons. The molecule has 1 aromatic carbocycles. The molecule has 0 saturated carbocycles. The maximum atomic E-state index is 12.7. The van der Waals surface area contributed by atoms with Crippen molar-refractivity contribution in [2.24, 2.45) is 0 Å². The highest BCUT2D eigenvalue weighted by Gasteiger charge is 2.09. The van der Waals surface area contributed by atoms with Crippen LogP contribution in [0.25, 0.3) is 0 Å². The summed E-state index contributed by atoms with van der Waals surface area (Å²) in [7, 11) is -2.86. The molecule has 0 spiro atoms. The van der Waals surface area contributed by atoms with Crippen LogP contribution in [0, 0.1) is 11.6 Å². The van der Waals surface area contributed by atoms with Gasteiger partial charge in [0.05, 0.1) is 6.16 Å². The molecule has 0 saturated heterocycles. The van der Waals surface area contributed by atoms with Crippen molar-refractivity contribution in [2.75, 3.05) is 0 Å². The minimum absolute atomic E-state index is 0.316. The lowest BCUT2D eigenvalue weighted by molar-refractivity contribution is 0.496. The van der Waals surface area contributed by atoms with Crippen molar-refractivity contribution < 1.29 is 18.2 Å². The zero-order valence-electron chi connectivity index (χ0n) is 6.05. The third kappa shape index (κ3) is 2.13. The van der Waals surface area contributed by atoms with E-state index in [2.05, 4.69) is 0 Å². The van der Waals surface area contributed by atoms with Crippen LogP contribution in [-0.2, 0) is 10.7 Å². The Kier molecular flexibility index (Phi) is 2.95. The average molecular weight is 192 g/mol. The first kappa shape index (κ1) is 9.36. The Morgan fingerprint density at radius 2 is 1.83 bits per heavy atom. The van der Waals surface area contributed by atoms with Crippen LogP contribution >= 0.6 is 8.03 Å². The molecule has 2 nitrogen and oxygen atoms in total. The van der Waals surface area contributed by atoms with Gasteiger partial charge in [-0.25, -0.2) is 8.78 Å². The summed E-state index contributed by atoms with van der Waals surface area (Å²) in [6, 6.07) is 3.33. The Morgan fingerprint density at radius 3 is 2.25 bits per heavy atom. The molecule has 1 unspecified atom stereocenters. The fourth-order valence-corrected chi connectivity index (χ4v) is 1.49. The molecule has 0 amide bonds. The molecule has 5 heteroatoms. The van der Waals surface area contributed by atoms with Crippen LogP contribution < -0.4 is 0 Å². The smallest absolute Gasteiger partial charge is 0.193 e. The van der Waals surface area contributed by atoms with Crippen molar-refractivity contribution in [2.45, 2.75) is 6.16 Å². The van der Waals surface area contributed by atoms with Crippen LogP contribution in [-0.4, -0.2) is 4.89 Å². The molecule has 0 aliphatic carbocycles. The third-order valence-corrected chi connectivity index (χ3v) is 2.05. The quantitative estimate of drug-likeness (QED) is 0.727. The van der Waals surface area contributed by atoms with E-state index < -0.39 is 25.8 Å². The number of rotatable bonds is 2. The maximum absolute atomic E-state index is 12.7. The van der Waals surface area contributed by atoms with E-state index in [-0.39, 0.29) is 5.56 Å². The van der Waals surface area contributed by atoms with Gasteiger partial charge in [-0.1, -0.05) is 6.07 Å². The second-order valence-electron chi connectivity index (χ2n) is 2.27. The Hall–Kier alpha value is -0.730. The SMILES string of the molecule is O=[PH](O)Cc1c(F)cccc1F. The fourth-order valence-electron chi connectivity index (χ4n) is 0.852. The molecule has 12 heavy (non-hydrogen) atoms. The fraction of sp³-hybridized carbons (Fsp3) is 0.143. The summed E-state index contributed by atoms with van der Waals surface area (Å²) < 4.78 is 35.8. The first-order valence-electron chi connectivity index (χ1n) is 3.26. The molecule has 0 heterocycles. The van der Waals surface area contributed by atoms with Gasteiger partial charge in [0.1, 0.15) is 11.6 Å². The van der Waals surface area contributed by atoms with Crippen molar-refractivity contribution in [3.63, 3.8) is 0 Å². The second kappa shape index (κ2) is 3.78. The summed E-state index contributed by atoms with van der Waals surface area (Å²) in [6.45, 7) is 0. The normalized spacial score (nSPS) is 12.9. The molecule has 1 rings (SSSR count). The van der Waals surface area contributed by atoms with Gasteiger partial charge in [-0.3, -0.25) is 4.57 Å². The topological polar surface area (TPSA) is 37.3 Å². The zero-order valence-corrected chi connectivity index (χ0v) is 7.05. The Morgan fingerprint density at radius 1 is 1.33 bits per heavy atom. The van der Waals surface area contributed by atoms with Crippen LogP contribution in [0.1, 0.15) is 5.56 Å². The van der Waals surface area contributed by atoms with Gasteiger partial charge in [0.15, 0.2) is 8.03 Å².